The molecule has 0 aromatic carbocycles. The second-order valence-electron chi connectivity index (χ2n) is 4.49. The van der Waals surface area contributed by atoms with Crippen LogP contribution in [0.2, 0.25) is 0 Å². The van der Waals surface area contributed by atoms with Crippen LogP contribution in [0.4, 0.5) is 0 Å². The van der Waals surface area contributed by atoms with Gasteiger partial charge in [0.1, 0.15) is 4.21 Å². The normalized spacial score (nSPS) is 20.1. The monoisotopic (exact) mass is 399 g/mol. The van der Waals surface area contributed by atoms with E-state index >= 15 is 0 Å². The van der Waals surface area contributed by atoms with Gasteiger partial charge in [-0.1, -0.05) is 22.9 Å². The molecule has 0 amide bonds. The van der Waals surface area contributed by atoms with E-state index in [-0.39, 0.29) is 10.3 Å². The van der Waals surface area contributed by atoms with Crippen molar-refractivity contribution >= 4 is 49.2 Å². The Morgan fingerprint density at radius 2 is 2.35 bits per heavy atom. The van der Waals surface area contributed by atoms with Crippen molar-refractivity contribution in [2.45, 2.75) is 27.8 Å². The first-order valence-electron chi connectivity index (χ1n) is 6.34. The number of hydrogen-bond acceptors (Lipinski definition) is 6. The third-order valence-corrected chi connectivity index (χ3v) is 7.34. The average Bonchev–Trinajstić information content (AvgIpc) is 2.80. The lowest BCUT2D eigenvalue weighted by atomic mass is 10.1. The summed E-state index contributed by atoms with van der Waals surface area (Å²) in [5, 5.41) is 9.62. The van der Waals surface area contributed by atoms with E-state index < -0.39 is 10.0 Å². The summed E-state index contributed by atoms with van der Waals surface area (Å²) < 4.78 is 26.6. The highest BCUT2D eigenvalue weighted by Crippen LogP contribution is 2.43. The number of sulfonamides is 1. The highest BCUT2D eigenvalue weighted by molar-refractivity contribution is 9.09. The summed E-state index contributed by atoms with van der Waals surface area (Å²) in [5.41, 5.74) is 1.06. The van der Waals surface area contributed by atoms with Gasteiger partial charge >= 0.3 is 0 Å². The maximum Gasteiger partial charge on any atom is 0.247 e. The van der Waals surface area contributed by atoms with E-state index in [1.54, 1.807) is 18.0 Å². The van der Waals surface area contributed by atoms with Gasteiger partial charge in [-0.25, -0.2) is 17.9 Å². The highest BCUT2D eigenvalue weighted by Gasteiger charge is 2.29. The van der Waals surface area contributed by atoms with Crippen LogP contribution in [0, 0.1) is 0 Å². The van der Waals surface area contributed by atoms with Crippen LogP contribution in [0.1, 0.15) is 24.9 Å². The van der Waals surface area contributed by atoms with Crippen LogP contribution >= 0.6 is 39.2 Å². The third-order valence-electron chi connectivity index (χ3n) is 2.95. The van der Waals surface area contributed by atoms with Crippen molar-refractivity contribution in [2.75, 3.05) is 25.0 Å². The van der Waals surface area contributed by atoms with Gasteiger partial charge < -0.3 is 5.32 Å². The van der Waals surface area contributed by atoms with Gasteiger partial charge in [0, 0.05) is 24.5 Å². The summed E-state index contributed by atoms with van der Waals surface area (Å²) in [6, 6.07) is 1.88. The van der Waals surface area contributed by atoms with Crippen molar-refractivity contribution in [3.8, 4) is 0 Å². The number of nitrogens with two attached hydrogens (primary N) is 1. The average molecular weight is 400 g/mol. The van der Waals surface area contributed by atoms with Crippen molar-refractivity contribution in [2.24, 2.45) is 5.14 Å². The van der Waals surface area contributed by atoms with Crippen molar-refractivity contribution < 1.29 is 8.42 Å². The van der Waals surface area contributed by atoms with E-state index in [0.29, 0.717) is 0 Å². The van der Waals surface area contributed by atoms with E-state index in [1.165, 1.54) is 11.3 Å². The third kappa shape index (κ3) is 3.96. The van der Waals surface area contributed by atoms with E-state index in [0.717, 1.165) is 41.2 Å². The number of thiophene rings is 1. The molecular formula is C11H18BrN3O2S3. The number of rotatable bonds is 6. The zero-order valence-electron chi connectivity index (χ0n) is 11.1. The van der Waals surface area contributed by atoms with Gasteiger partial charge in [0.05, 0.1) is 4.21 Å². The Kier molecular flexibility index (Phi) is 5.92. The molecule has 2 heterocycles. The molecule has 1 atom stereocenters. The standard InChI is InChI=1S/C11H18BrN3O2S3/c1-2-14-9-7-15(5-3-4-12)19-11-8(9)6-10(18-11)20(13,16)17/h6,9,14H,2-5,7H2,1H3,(H2,13,16,17). The second kappa shape index (κ2) is 7.08. The van der Waals surface area contributed by atoms with Crippen LogP contribution in [0.15, 0.2) is 14.5 Å². The van der Waals surface area contributed by atoms with Crippen LogP contribution in [-0.2, 0) is 10.0 Å². The lowest BCUT2D eigenvalue weighted by molar-refractivity contribution is 0.381. The Labute approximate surface area is 136 Å². The summed E-state index contributed by atoms with van der Waals surface area (Å²) in [4.78, 5) is 0. The molecule has 0 aliphatic carbocycles. The Morgan fingerprint density at radius 1 is 1.60 bits per heavy atom. The fourth-order valence-electron chi connectivity index (χ4n) is 2.07. The molecule has 3 N–H and O–H groups in total. The maximum absolute atomic E-state index is 11.5. The number of fused-ring (bicyclic) bond motifs is 1. The van der Waals surface area contributed by atoms with Gasteiger partial charge in [-0.05, 0) is 36.5 Å². The summed E-state index contributed by atoms with van der Waals surface area (Å²) in [6.07, 6.45) is 1.06. The number of nitrogens with zero attached hydrogens (tertiary/aromatic N) is 1. The molecule has 1 unspecified atom stereocenters. The Hall–Kier alpha value is 0.360. The SMILES string of the molecule is CCNC1CN(CCCBr)Sc2sc(S(N)(=O)=O)cc21. The lowest BCUT2D eigenvalue weighted by Gasteiger charge is -2.31. The molecule has 2 rings (SSSR count). The van der Waals surface area contributed by atoms with E-state index in [4.69, 9.17) is 5.14 Å². The van der Waals surface area contributed by atoms with Crippen LogP contribution in [0.3, 0.4) is 0 Å². The van der Waals surface area contributed by atoms with Crippen molar-refractivity contribution in [3.63, 3.8) is 0 Å². The van der Waals surface area contributed by atoms with Gasteiger partial charge in [0.25, 0.3) is 0 Å². The van der Waals surface area contributed by atoms with Crippen molar-refractivity contribution in [3.05, 3.63) is 11.6 Å². The van der Waals surface area contributed by atoms with E-state index in [9.17, 15) is 8.42 Å². The topological polar surface area (TPSA) is 75.4 Å². The number of nitrogens with one attached hydrogen (secondary N) is 1. The predicted molar refractivity (Wildman–Crippen MR) is 88.0 cm³/mol. The smallest absolute Gasteiger partial charge is 0.247 e. The molecular weight excluding hydrogens is 382 g/mol. The molecule has 5 nitrogen and oxygen atoms in total. The van der Waals surface area contributed by atoms with Crippen molar-refractivity contribution in [1.82, 2.24) is 9.62 Å². The Balaban J connectivity index is 2.27. The van der Waals surface area contributed by atoms with E-state index in [2.05, 4.69) is 32.5 Å². The molecule has 0 saturated carbocycles. The fraction of sp³-hybridized carbons (Fsp3) is 0.636. The summed E-state index contributed by atoms with van der Waals surface area (Å²) in [5.74, 6) is 0. The van der Waals surface area contributed by atoms with Gasteiger partial charge in [0.2, 0.25) is 10.0 Å². The van der Waals surface area contributed by atoms with Crippen LogP contribution < -0.4 is 10.5 Å². The van der Waals surface area contributed by atoms with Gasteiger partial charge in [-0.2, -0.15) is 0 Å². The summed E-state index contributed by atoms with van der Waals surface area (Å²) in [6.45, 7) is 4.75. The Morgan fingerprint density at radius 3 is 2.95 bits per heavy atom. The minimum atomic E-state index is -3.62. The Bertz CT molecular complexity index is 561. The minimum Gasteiger partial charge on any atom is -0.309 e. The van der Waals surface area contributed by atoms with Crippen molar-refractivity contribution in [1.29, 1.82) is 0 Å². The molecule has 0 saturated heterocycles. The zero-order chi connectivity index (χ0) is 14.8. The molecule has 0 bridgehead atoms. The first-order valence-corrected chi connectivity index (χ1v) is 10.6. The number of hydrogen-bond donors (Lipinski definition) is 2. The number of alkyl halides is 1. The van der Waals surface area contributed by atoms with E-state index in [1.807, 2.05) is 0 Å². The highest BCUT2D eigenvalue weighted by atomic mass is 79.9. The number of likely N-dealkylation sites (N-methyl/N-ethyl adjacent to an activating group) is 1. The first kappa shape index (κ1) is 16.7. The van der Waals surface area contributed by atoms with Crippen LogP contribution in [-0.4, -0.2) is 37.7 Å². The molecule has 0 spiro atoms. The number of halogens is 1. The molecule has 0 fully saturated rings. The lowest BCUT2D eigenvalue weighted by Crippen LogP contribution is -2.35. The largest absolute Gasteiger partial charge is 0.309 e. The molecule has 1 aliphatic heterocycles. The molecule has 20 heavy (non-hydrogen) atoms. The molecule has 1 aliphatic rings. The van der Waals surface area contributed by atoms with Crippen LogP contribution in [0.5, 0.6) is 0 Å². The molecule has 1 aromatic rings. The first-order chi connectivity index (χ1) is 9.45. The predicted octanol–water partition coefficient (Wildman–Crippen LogP) is 2.15. The molecule has 0 radical (unpaired) electrons. The quantitative estimate of drug-likeness (QED) is 0.566. The van der Waals surface area contributed by atoms with Crippen LogP contribution in [0.25, 0.3) is 0 Å². The van der Waals surface area contributed by atoms with Gasteiger partial charge in [-0.15, -0.1) is 11.3 Å². The summed E-state index contributed by atoms with van der Waals surface area (Å²) >= 11 is 6.34. The second-order valence-corrected chi connectivity index (χ2v) is 9.48. The number of primary sulfonamides is 1. The minimum absolute atomic E-state index is 0.165. The maximum atomic E-state index is 11.5. The molecule has 9 heteroatoms. The molecule has 114 valence electrons. The fourth-order valence-corrected chi connectivity index (χ4v) is 5.89. The van der Waals surface area contributed by atoms with Gasteiger partial charge in [0.15, 0.2) is 0 Å². The van der Waals surface area contributed by atoms with Gasteiger partial charge in [-0.3, -0.25) is 0 Å². The molecule has 1 aromatic heterocycles. The summed E-state index contributed by atoms with van der Waals surface area (Å²) in [7, 11) is -3.62. The zero-order valence-corrected chi connectivity index (χ0v) is 15.2.